The molecule has 1 unspecified atom stereocenters. The van der Waals surface area contributed by atoms with Crippen molar-refractivity contribution in [3.63, 3.8) is 0 Å². The Morgan fingerprint density at radius 3 is 1.04 bits per heavy atom. The molecule has 0 amide bonds. The fourth-order valence-corrected chi connectivity index (χ4v) is 6.82. The molecule has 0 saturated heterocycles. The normalized spacial score (nSPS) is 12.1. The highest BCUT2D eigenvalue weighted by Gasteiger charge is 2.19. The van der Waals surface area contributed by atoms with Crippen LogP contribution in [0.5, 0.6) is 0 Å². The van der Waals surface area contributed by atoms with Crippen molar-refractivity contribution in [2.75, 3.05) is 13.2 Å². The van der Waals surface area contributed by atoms with Crippen molar-refractivity contribution in [1.29, 1.82) is 0 Å². The first-order valence-electron chi connectivity index (χ1n) is 23.8. The molecule has 0 saturated carbocycles. The van der Waals surface area contributed by atoms with Gasteiger partial charge in [-0.1, -0.05) is 206 Å². The van der Waals surface area contributed by atoms with Crippen LogP contribution in [0, 0.1) is 0 Å². The largest absolute Gasteiger partial charge is 0.462 e. The van der Waals surface area contributed by atoms with E-state index in [1.807, 2.05) is 0 Å². The summed E-state index contributed by atoms with van der Waals surface area (Å²) in [4.78, 5) is 37.5. The third kappa shape index (κ3) is 42.9. The van der Waals surface area contributed by atoms with Crippen LogP contribution in [0.25, 0.3) is 0 Å². The monoisotopic (exact) mass is 775 g/mol. The lowest BCUT2D eigenvalue weighted by atomic mass is 10.0. The smallest absolute Gasteiger partial charge is 0.306 e. The summed E-state index contributed by atoms with van der Waals surface area (Å²) in [5.74, 6) is -0.885. The molecule has 0 spiro atoms. The molecule has 6 nitrogen and oxygen atoms in total. The molecule has 1 atom stereocenters. The number of esters is 3. The first-order chi connectivity index (χ1) is 27.0. The van der Waals surface area contributed by atoms with Gasteiger partial charge in [-0.25, -0.2) is 0 Å². The van der Waals surface area contributed by atoms with E-state index in [1.54, 1.807) is 0 Å². The summed E-state index contributed by atoms with van der Waals surface area (Å²) in [5.41, 5.74) is 0. The molecule has 55 heavy (non-hydrogen) atoms. The summed E-state index contributed by atoms with van der Waals surface area (Å²) in [6.07, 6.45) is 49.0. The lowest BCUT2D eigenvalue weighted by molar-refractivity contribution is -0.167. The lowest BCUT2D eigenvalue weighted by Gasteiger charge is -2.18. The topological polar surface area (TPSA) is 78.9 Å². The zero-order valence-electron chi connectivity index (χ0n) is 36.7. The van der Waals surface area contributed by atoms with E-state index >= 15 is 0 Å². The van der Waals surface area contributed by atoms with Gasteiger partial charge in [-0.3, -0.25) is 14.4 Å². The van der Waals surface area contributed by atoms with Crippen LogP contribution in [-0.4, -0.2) is 37.2 Å². The van der Waals surface area contributed by atoms with Crippen molar-refractivity contribution in [3.05, 3.63) is 24.3 Å². The number of hydrogen-bond acceptors (Lipinski definition) is 6. The van der Waals surface area contributed by atoms with Gasteiger partial charge in [-0.2, -0.15) is 0 Å². The summed E-state index contributed by atoms with van der Waals surface area (Å²) in [5, 5.41) is 0. The minimum atomic E-state index is -0.765. The van der Waals surface area contributed by atoms with Gasteiger partial charge in [-0.15, -0.1) is 0 Å². The van der Waals surface area contributed by atoms with E-state index in [4.69, 9.17) is 14.2 Å². The van der Waals surface area contributed by atoms with E-state index in [2.05, 4.69) is 45.1 Å². The summed E-state index contributed by atoms with van der Waals surface area (Å²) in [6.45, 7) is 6.54. The fraction of sp³-hybridized carbons (Fsp3) is 0.857. The van der Waals surface area contributed by atoms with Gasteiger partial charge in [0.2, 0.25) is 0 Å². The highest BCUT2D eigenvalue weighted by Crippen LogP contribution is 2.15. The lowest BCUT2D eigenvalue weighted by Crippen LogP contribution is -2.30. The van der Waals surface area contributed by atoms with Crippen molar-refractivity contribution in [2.24, 2.45) is 0 Å². The Bertz CT molecular complexity index is 896. The van der Waals surface area contributed by atoms with Gasteiger partial charge in [0.25, 0.3) is 0 Å². The molecule has 0 bridgehead atoms. The zero-order chi connectivity index (χ0) is 40.1. The molecule has 0 heterocycles. The Labute approximate surface area is 341 Å². The Morgan fingerprint density at radius 2 is 0.655 bits per heavy atom. The van der Waals surface area contributed by atoms with Gasteiger partial charge >= 0.3 is 17.9 Å². The summed E-state index contributed by atoms with van der Waals surface area (Å²) >= 11 is 0. The summed E-state index contributed by atoms with van der Waals surface area (Å²) in [6, 6.07) is 0. The standard InChI is InChI=1S/C49H90O6/c1-4-7-10-13-15-17-19-21-23-24-26-27-29-31-33-36-39-42-48(51)54-45-46(44-53-47(50)41-38-35-12-9-6-3)55-49(52)43-40-37-34-32-30-28-25-22-20-18-16-14-11-8-5-2/h15,17,21,23,46H,4-14,16,18-20,22,24-45H2,1-3H3/b17-15-,23-21-. The molecular formula is C49H90O6. The molecule has 0 aromatic rings. The predicted molar refractivity (Wildman–Crippen MR) is 233 cm³/mol. The summed E-state index contributed by atoms with van der Waals surface area (Å²) < 4.78 is 16.6. The van der Waals surface area contributed by atoms with Gasteiger partial charge in [0, 0.05) is 19.3 Å². The van der Waals surface area contributed by atoms with Crippen LogP contribution in [0.2, 0.25) is 0 Å². The maximum atomic E-state index is 12.7. The molecule has 0 aliphatic heterocycles. The molecule has 0 aromatic carbocycles. The molecule has 0 fully saturated rings. The van der Waals surface area contributed by atoms with E-state index in [0.717, 1.165) is 77.0 Å². The van der Waals surface area contributed by atoms with E-state index < -0.39 is 6.10 Å². The van der Waals surface area contributed by atoms with E-state index in [-0.39, 0.29) is 31.1 Å². The second-order valence-corrected chi connectivity index (χ2v) is 16.0. The minimum Gasteiger partial charge on any atom is -0.462 e. The first-order valence-corrected chi connectivity index (χ1v) is 23.8. The van der Waals surface area contributed by atoms with Crippen molar-refractivity contribution in [2.45, 2.75) is 258 Å². The van der Waals surface area contributed by atoms with Gasteiger partial charge in [0.1, 0.15) is 13.2 Å². The van der Waals surface area contributed by atoms with Crippen molar-refractivity contribution >= 4 is 17.9 Å². The SMILES string of the molecule is CCCCC/C=C\C/C=C\CCCCCCCCCC(=O)OCC(COC(=O)CCCCCCC)OC(=O)CCCCCCCCCCCCCCCCC. The molecule has 0 N–H and O–H groups in total. The van der Waals surface area contributed by atoms with Gasteiger partial charge < -0.3 is 14.2 Å². The van der Waals surface area contributed by atoms with Crippen molar-refractivity contribution in [1.82, 2.24) is 0 Å². The second kappa shape index (κ2) is 44.6. The van der Waals surface area contributed by atoms with Crippen molar-refractivity contribution < 1.29 is 28.6 Å². The number of allylic oxidation sites excluding steroid dienone is 4. The van der Waals surface area contributed by atoms with E-state index in [9.17, 15) is 14.4 Å². The van der Waals surface area contributed by atoms with Crippen LogP contribution < -0.4 is 0 Å². The Hall–Kier alpha value is -2.11. The number of carbonyl (C=O) groups excluding carboxylic acids is 3. The third-order valence-electron chi connectivity index (χ3n) is 10.5. The quantitative estimate of drug-likeness (QED) is 0.0266. The average molecular weight is 775 g/mol. The molecule has 0 radical (unpaired) electrons. The Kier molecular flexibility index (Phi) is 42.9. The van der Waals surface area contributed by atoms with Crippen LogP contribution >= 0.6 is 0 Å². The number of unbranched alkanes of at least 4 members (excludes halogenated alkanes) is 28. The molecule has 0 aliphatic carbocycles. The second-order valence-electron chi connectivity index (χ2n) is 16.0. The maximum absolute atomic E-state index is 12.7. The Morgan fingerprint density at radius 1 is 0.364 bits per heavy atom. The zero-order valence-corrected chi connectivity index (χ0v) is 36.7. The number of ether oxygens (including phenoxy) is 3. The predicted octanol–water partition coefficient (Wildman–Crippen LogP) is 15.2. The molecule has 322 valence electrons. The maximum Gasteiger partial charge on any atom is 0.306 e. The van der Waals surface area contributed by atoms with Crippen LogP contribution in [0.3, 0.4) is 0 Å². The van der Waals surface area contributed by atoms with Crippen molar-refractivity contribution in [3.8, 4) is 0 Å². The Balaban J connectivity index is 4.18. The molecule has 0 aliphatic rings. The molecule has 0 aromatic heterocycles. The average Bonchev–Trinajstić information content (AvgIpc) is 3.18. The van der Waals surface area contributed by atoms with Crippen LogP contribution in [0.15, 0.2) is 24.3 Å². The fourth-order valence-electron chi connectivity index (χ4n) is 6.82. The highest BCUT2D eigenvalue weighted by atomic mass is 16.6. The van der Waals surface area contributed by atoms with Crippen LogP contribution in [0.4, 0.5) is 0 Å². The van der Waals surface area contributed by atoms with Gasteiger partial charge in [-0.05, 0) is 51.4 Å². The van der Waals surface area contributed by atoms with Crippen LogP contribution in [0.1, 0.15) is 252 Å². The van der Waals surface area contributed by atoms with Gasteiger partial charge in [0.05, 0.1) is 0 Å². The number of rotatable bonds is 43. The highest BCUT2D eigenvalue weighted by molar-refractivity contribution is 5.71. The molecule has 6 heteroatoms. The summed E-state index contributed by atoms with van der Waals surface area (Å²) in [7, 11) is 0. The molecular weight excluding hydrogens is 685 g/mol. The third-order valence-corrected chi connectivity index (χ3v) is 10.5. The minimum absolute atomic E-state index is 0.0718. The van der Waals surface area contributed by atoms with E-state index in [1.165, 1.54) is 135 Å². The van der Waals surface area contributed by atoms with Gasteiger partial charge in [0.15, 0.2) is 6.10 Å². The van der Waals surface area contributed by atoms with Crippen LogP contribution in [-0.2, 0) is 28.6 Å². The number of carbonyl (C=O) groups is 3. The number of hydrogen-bond donors (Lipinski definition) is 0. The molecule has 0 rings (SSSR count). The van der Waals surface area contributed by atoms with E-state index in [0.29, 0.717) is 19.3 Å². The first kappa shape index (κ1) is 52.9.